The highest BCUT2D eigenvalue weighted by molar-refractivity contribution is 6.37. The SMILES string of the molecule is O=C(Nc1ccc(N2CCCC2)c(C(=O)NCc2cccnc2)c1)c1ccc(Cl)cc1Cl. The Kier molecular flexibility index (Phi) is 6.93. The molecule has 2 amide bonds. The predicted octanol–water partition coefficient (Wildman–Crippen LogP) is 5.17. The van der Waals surface area contributed by atoms with E-state index in [1.165, 1.54) is 6.07 Å². The summed E-state index contributed by atoms with van der Waals surface area (Å²) in [5, 5.41) is 6.50. The van der Waals surface area contributed by atoms with Crippen molar-refractivity contribution in [2.24, 2.45) is 0 Å². The molecule has 1 aromatic heterocycles. The standard InChI is InChI=1S/C24H22Cl2N4O2/c25-17-5-7-19(21(26)12-17)24(32)29-18-6-8-22(30-10-1-2-11-30)20(13-18)23(31)28-15-16-4-3-9-27-14-16/h3-9,12-14H,1-2,10-11,15H2,(H,28,31)(H,29,32). The van der Waals surface area contributed by atoms with Gasteiger partial charge in [-0.1, -0.05) is 29.3 Å². The number of halogens is 2. The number of benzene rings is 2. The highest BCUT2D eigenvalue weighted by Crippen LogP contribution is 2.28. The van der Waals surface area contributed by atoms with Crippen LogP contribution in [0.2, 0.25) is 10.0 Å². The Hall–Kier alpha value is -3.09. The maximum atomic E-state index is 13.1. The number of hydrogen-bond donors (Lipinski definition) is 2. The summed E-state index contributed by atoms with van der Waals surface area (Å²) < 4.78 is 0. The number of rotatable bonds is 6. The van der Waals surface area contributed by atoms with Crippen molar-refractivity contribution in [2.75, 3.05) is 23.3 Å². The van der Waals surface area contributed by atoms with Crippen molar-refractivity contribution < 1.29 is 9.59 Å². The molecule has 4 rings (SSSR count). The van der Waals surface area contributed by atoms with Crippen LogP contribution in [-0.4, -0.2) is 29.9 Å². The number of aromatic nitrogens is 1. The van der Waals surface area contributed by atoms with Gasteiger partial charge < -0.3 is 15.5 Å². The van der Waals surface area contributed by atoms with Crippen LogP contribution in [0.1, 0.15) is 39.1 Å². The molecule has 3 aromatic rings. The van der Waals surface area contributed by atoms with E-state index in [9.17, 15) is 9.59 Å². The molecule has 2 aromatic carbocycles. The predicted molar refractivity (Wildman–Crippen MR) is 128 cm³/mol. The minimum Gasteiger partial charge on any atom is -0.371 e. The van der Waals surface area contributed by atoms with Gasteiger partial charge in [0, 0.05) is 48.4 Å². The lowest BCUT2D eigenvalue weighted by Gasteiger charge is -2.22. The van der Waals surface area contributed by atoms with Crippen molar-refractivity contribution in [3.63, 3.8) is 0 Å². The molecule has 0 atom stereocenters. The molecule has 2 N–H and O–H groups in total. The van der Waals surface area contributed by atoms with Crippen LogP contribution in [0.15, 0.2) is 60.9 Å². The Morgan fingerprint density at radius 1 is 0.969 bits per heavy atom. The van der Waals surface area contributed by atoms with E-state index in [2.05, 4.69) is 20.5 Å². The number of carbonyl (C=O) groups excluding carboxylic acids is 2. The van der Waals surface area contributed by atoms with Gasteiger partial charge in [0.25, 0.3) is 11.8 Å². The zero-order valence-corrected chi connectivity index (χ0v) is 18.8. The number of hydrogen-bond acceptors (Lipinski definition) is 4. The fraction of sp³-hybridized carbons (Fsp3) is 0.208. The maximum absolute atomic E-state index is 13.1. The van der Waals surface area contributed by atoms with Gasteiger partial charge in [0.1, 0.15) is 0 Å². The Balaban J connectivity index is 1.57. The lowest BCUT2D eigenvalue weighted by atomic mass is 10.1. The number of nitrogens with zero attached hydrogens (tertiary/aromatic N) is 2. The van der Waals surface area contributed by atoms with Crippen LogP contribution in [-0.2, 0) is 6.54 Å². The molecule has 6 nitrogen and oxygen atoms in total. The van der Waals surface area contributed by atoms with Gasteiger partial charge in [-0.15, -0.1) is 0 Å². The normalized spacial score (nSPS) is 13.1. The molecule has 2 heterocycles. The Labute approximate surface area is 196 Å². The summed E-state index contributed by atoms with van der Waals surface area (Å²) in [5.41, 5.74) is 3.09. The van der Waals surface area contributed by atoms with E-state index < -0.39 is 0 Å². The van der Waals surface area contributed by atoms with Gasteiger partial charge in [0.05, 0.1) is 16.1 Å². The largest absolute Gasteiger partial charge is 0.371 e. The van der Waals surface area contributed by atoms with Crippen molar-refractivity contribution in [1.82, 2.24) is 10.3 Å². The number of amides is 2. The summed E-state index contributed by atoms with van der Waals surface area (Å²) in [5.74, 6) is -0.585. The lowest BCUT2D eigenvalue weighted by Crippen LogP contribution is -2.27. The summed E-state index contributed by atoms with van der Waals surface area (Å²) in [6, 6.07) is 13.8. The van der Waals surface area contributed by atoms with Gasteiger partial charge in [0.2, 0.25) is 0 Å². The maximum Gasteiger partial charge on any atom is 0.257 e. The number of carbonyl (C=O) groups is 2. The first-order chi connectivity index (χ1) is 15.5. The van der Waals surface area contributed by atoms with Crippen LogP contribution in [0.4, 0.5) is 11.4 Å². The van der Waals surface area contributed by atoms with Gasteiger partial charge in [-0.3, -0.25) is 14.6 Å². The molecule has 32 heavy (non-hydrogen) atoms. The minimum absolute atomic E-state index is 0.212. The van der Waals surface area contributed by atoms with Gasteiger partial charge in [0.15, 0.2) is 0 Å². The third kappa shape index (κ3) is 5.21. The highest BCUT2D eigenvalue weighted by Gasteiger charge is 2.21. The van der Waals surface area contributed by atoms with Crippen LogP contribution in [0, 0.1) is 0 Å². The molecule has 164 valence electrons. The Morgan fingerprint density at radius 3 is 2.50 bits per heavy atom. The molecule has 1 aliphatic rings. The van der Waals surface area contributed by atoms with E-state index in [-0.39, 0.29) is 16.8 Å². The summed E-state index contributed by atoms with van der Waals surface area (Å²) in [6.07, 6.45) is 5.58. The first-order valence-corrected chi connectivity index (χ1v) is 11.1. The van der Waals surface area contributed by atoms with E-state index in [4.69, 9.17) is 23.2 Å². The van der Waals surface area contributed by atoms with E-state index in [1.807, 2.05) is 18.2 Å². The van der Waals surface area contributed by atoms with Gasteiger partial charge >= 0.3 is 0 Å². The van der Waals surface area contributed by atoms with Crippen molar-refractivity contribution in [3.05, 3.63) is 87.7 Å². The van der Waals surface area contributed by atoms with E-state index in [0.29, 0.717) is 28.4 Å². The summed E-state index contributed by atoms with van der Waals surface area (Å²) in [6.45, 7) is 2.16. The zero-order chi connectivity index (χ0) is 22.5. The van der Waals surface area contributed by atoms with Crippen LogP contribution >= 0.6 is 23.2 Å². The van der Waals surface area contributed by atoms with Crippen LogP contribution < -0.4 is 15.5 Å². The Morgan fingerprint density at radius 2 is 1.78 bits per heavy atom. The lowest BCUT2D eigenvalue weighted by molar-refractivity contribution is 0.0950. The smallest absolute Gasteiger partial charge is 0.257 e. The molecule has 0 unspecified atom stereocenters. The van der Waals surface area contributed by atoms with Crippen LogP contribution in [0.3, 0.4) is 0 Å². The van der Waals surface area contributed by atoms with Crippen molar-refractivity contribution in [3.8, 4) is 0 Å². The second-order valence-corrected chi connectivity index (χ2v) is 8.39. The van der Waals surface area contributed by atoms with Crippen molar-refractivity contribution in [2.45, 2.75) is 19.4 Å². The molecule has 8 heteroatoms. The average Bonchev–Trinajstić information content (AvgIpc) is 3.33. The molecule has 1 fully saturated rings. The van der Waals surface area contributed by atoms with Gasteiger partial charge in [-0.2, -0.15) is 0 Å². The summed E-state index contributed by atoms with van der Waals surface area (Å²) in [4.78, 5) is 32.1. The number of anilines is 2. The second kappa shape index (κ2) is 10.0. The molecule has 0 saturated carbocycles. The third-order valence-corrected chi connectivity index (χ3v) is 5.85. The Bertz CT molecular complexity index is 1130. The highest BCUT2D eigenvalue weighted by atomic mass is 35.5. The quantitative estimate of drug-likeness (QED) is 0.523. The van der Waals surface area contributed by atoms with Crippen molar-refractivity contribution >= 4 is 46.4 Å². The number of nitrogens with one attached hydrogen (secondary N) is 2. The van der Waals surface area contributed by atoms with Gasteiger partial charge in [-0.25, -0.2) is 0 Å². The second-order valence-electron chi connectivity index (χ2n) is 7.55. The van der Waals surface area contributed by atoms with Gasteiger partial charge in [-0.05, 0) is 60.9 Å². The first kappa shape index (κ1) is 22.1. The monoisotopic (exact) mass is 468 g/mol. The fourth-order valence-corrected chi connectivity index (χ4v) is 4.18. The summed E-state index contributed by atoms with van der Waals surface area (Å²) >= 11 is 12.1. The topological polar surface area (TPSA) is 74.3 Å². The molecule has 1 saturated heterocycles. The molecule has 0 spiro atoms. The van der Waals surface area contributed by atoms with Crippen LogP contribution in [0.25, 0.3) is 0 Å². The minimum atomic E-state index is -0.373. The molecule has 0 radical (unpaired) electrons. The zero-order valence-electron chi connectivity index (χ0n) is 17.3. The van der Waals surface area contributed by atoms with E-state index in [0.717, 1.165) is 37.2 Å². The van der Waals surface area contributed by atoms with E-state index >= 15 is 0 Å². The molecular weight excluding hydrogens is 447 g/mol. The van der Waals surface area contributed by atoms with E-state index in [1.54, 1.807) is 36.7 Å². The fourth-order valence-electron chi connectivity index (χ4n) is 3.68. The summed E-state index contributed by atoms with van der Waals surface area (Å²) in [7, 11) is 0. The molecule has 1 aliphatic heterocycles. The van der Waals surface area contributed by atoms with Crippen molar-refractivity contribution in [1.29, 1.82) is 0 Å². The third-order valence-electron chi connectivity index (χ3n) is 5.30. The van der Waals surface area contributed by atoms with Crippen LogP contribution in [0.5, 0.6) is 0 Å². The average molecular weight is 469 g/mol. The number of pyridine rings is 1. The molecule has 0 bridgehead atoms. The molecule has 0 aliphatic carbocycles. The first-order valence-electron chi connectivity index (χ1n) is 10.3. The molecular formula is C24H22Cl2N4O2.